The van der Waals surface area contributed by atoms with Crippen molar-refractivity contribution in [3.8, 4) is 22.1 Å². The third-order valence-corrected chi connectivity index (χ3v) is 8.55. The highest BCUT2D eigenvalue weighted by Gasteiger charge is 2.16. The number of hydrogen-bond acceptors (Lipinski definition) is 9. The van der Waals surface area contributed by atoms with E-state index in [1.807, 2.05) is 48.5 Å². The molecule has 0 spiro atoms. The van der Waals surface area contributed by atoms with Gasteiger partial charge in [0.1, 0.15) is 17.2 Å². The number of piperazine rings is 1. The Labute approximate surface area is 242 Å². The first-order valence-corrected chi connectivity index (χ1v) is 14.6. The van der Waals surface area contributed by atoms with Crippen molar-refractivity contribution in [2.24, 2.45) is 0 Å². The van der Waals surface area contributed by atoms with Gasteiger partial charge < -0.3 is 24.6 Å². The first-order chi connectivity index (χ1) is 19.6. The number of nitrogens with zero attached hydrogens (tertiary/aromatic N) is 5. The predicted octanol–water partition coefficient (Wildman–Crippen LogP) is 6.33. The number of aromatic nitrogens is 3. The summed E-state index contributed by atoms with van der Waals surface area (Å²) in [5.74, 6) is 2.00. The first kappa shape index (κ1) is 26.7. The molecular formula is C30H31ClN6O2S. The van der Waals surface area contributed by atoms with E-state index in [2.05, 4.69) is 38.2 Å². The van der Waals surface area contributed by atoms with Crippen LogP contribution >= 0.6 is 22.9 Å². The zero-order valence-electron chi connectivity index (χ0n) is 22.6. The largest absolute Gasteiger partial charge is 0.493 e. The molecule has 0 bridgehead atoms. The molecule has 6 rings (SSSR count). The molecule has 3 heterocycles. The molecule has 40 heavy (non-hydrogen) atoms. The number of anilines is 2. The van der Waals surface area contributed by atoms with Crippen molar-refractivity contribution < 1.29 is 9.47 Å². The summed E-state index contributed by atoms with van der Waals surface area (Å²) in [6, 6.07) is 17.8. The number of nitrogens with one attached hydrogen (secondary N) is 1. The van der Waals surface area contributed by atoms with E-state index in [1.54, 1.807) is 24.8 Å². The van der Waals surface area contributed by atoms with Crippen molar-refractivity contribution in [3.63, 3.8) is 0 Å². The third-order valence-electron chi connectivity index (χ3n) is 7.15. The number of rotatable bonds is 9. The van der Waals surface area contributed by atoms with E-state index in [0.29, 0.717) is 28.9 Å². The lowest BCUT2D eigenvalue weighted by molar-refractivity contribution is 0.145. The van der Waals surface area contributed by atoms with Crippen LogP contribution in [0.5, 0.6) is 11.5 Å². The summed E-state index contributed by atoms with van der Waals surface area (Å²) in [5, 5.41) is 5.80. The summed E-state index contributed by atoms with van der Waals surface area (Å²) in [7, 11) is 3.83. The molecule has 1 aliphatic heterocycles. The number of benzene rings is 3. The Morgan fingerprint density at radius 3 is 2.65 bits per heavy atom. The van der Waals surface area contributed by atoms with E-state index >= 15 is 0 Å². The molecule has 3 aromatic carbocycles. The summed E-state index contributed by atoms with van der Waals surface area (Å²) >= 11 is 8.21. The monoisotopic (exact) mass is 574 g/mol. The van der Waals surface area contributed by atoms with E-state index in [9.17, 15) is 0 Å². The van der Waals surface area contributed by atoms with Gasteiger partial charge in [0.15, 0.2) is 11.5 Å². The predicted molar refractivity (Wildman–Crippen MR) is 163 cm³/mol. The Hall–Kier alpha value is -3.50. The van der Waals surface area contributed by atoms with Crippen molar-refractivity contribution in [1.29, 1.82) is 0 Å². The summed E-state index contributed by atoms with van der Waals surface area (Å²) < 4.78 is 13.0. The summed E-state index contributed by atoms with van der Waals surface area (Å²) in [6.07, 6.45) is 2.51. The highest BCUT2D eigenvalue weighted by atomic mass is 35.5. The molecule has 0 saturated carbocycles. The molecule has 8 nitrogen and oxygen atoms in total. The Kier molecular flexibility index (Phi) is 7.97. The molecular weight excluding hydrogens is 544 g/mol. The number of ether oxygens (including phenoxy) is 2. The van der Waals surface area contributed by atoms with Crippen LogP contribution in [0.25, 0.3) is 31.7 Å². The lowest BCUT2D eigenvalue weighted by atomic mass is 10.1. The van der Waals surface area contributed by atoms with Gasteiger partial charge in [0.2, 0.25) is 0 Å². The van der Waals surface area contributed by atoms with E-state index in [0.717, 1.165) is 76.5 Å². The van der Waals surface area contributed by atoms with Crippen LogP contribution < -0.4 is 14.8 Å². The van der Waals surface area contributed by atoms with Crippen molar-refractivity contribution in [1.82, 2.24) is 24.8 Å². The maximum absolute atomic E-state index is 6.59. The van der Waals surface area contributed by atoms with Crippen LogP contribution in [0.3, 0.4) is 0 Å². The van der Waals surface area contributed by atoms with Crippen LogP contribution in [-0.2, 0) is 0 Å². The fourth-order valence-electron chi connectivity index (χ4n) is 4.87. The smallest absolute Gasteiger partial charge is 0.163 e. The molecule has 1 saturated heterocycles. The van der Waals surface area contributed by atoms with Crippen LogP contribution in [0.1, 0.15) is 6.42 Å². The average molecular weight is 575 g/mol. The summed E-state index contributed by atoms with van der Waals surface area (Å²) in [6.45, 7) is 6.10. The van der Waals surface area contributed by atoms with Crippen LogP contribution in [0.4, 0.5) is 11.5 Å². The minimum Gasteiger partial charge on any atom is -0.493 e. The van der Waals surface area contributed by atoms with Gasteiger partial charge >= 0.3 is 0 Å². The number of halogens is 1. The normalized spacial score (nSPS) is 14.6. The first-order valence-electron chi connectivity index (χ1n) is 13.4. The number of fused-ring (bicyclic) bond motifs is 2. The second-order valence-electron chi connectivity index (χ2n) is 9.90. The van der Waals surface area contributed by atoms with Gasteiger partial charge in [0, 0.05) is 55.4 Å². The van der Waals surface area contributed by atoms with Gasteiger partial charge in [-0.1, -0.05) is 23.7 Å². The van der Waals surface area contributed by atoms with Gasteiger partial charge in [-0.05, 0) is 49.9 Å². The van der Waals surface area contributed by atoms with Gasteiger partial charge in [-0.3, -0.25) is 0 Å². The quantitative estimate of drug-likeness (QED) is 0.205. The molecule has 0 radical (unpaired) electrons. The SMILES string of the molecule is COc1cc2c(Nc3ccc(Cl)c(-c4nc5ccccc5s4)c3)ncnc2cc1OCCCN1CCN(C)CC1. The average Bonchev–Trinajstić information content (AvgIpc) is 3.41. The molecule has 0 amide bonds. The van der Waals surface area contributed by atoms with Crippen LogP contribution in [0, 0.1) is 0 Å². The molecule has 1 fully saturated rings. The zero-order valence-corrected chi connectivity index (χ0v) is 24.1. The molecule has 2 aromatic heterocycles. The second kappa shape index (κ2) is 11.9. The van der Waals surface area contributed by atoms with Gasteiger partial charge in [-0.2, -0.15) is 0 Å². The lowest BCUT2D eigenvalue weighted by Gasteiger charge is -2.32. The second-order valence-corrected chi connectivity index (χ2v) is 11.3. The summed E-state index contributed by atoms with van der Waals surface area (Å²) in [4.78, 5) is 18.7. The van der Waals surface area contributed by atoms with E-state index < -0.39 is 0 Å². The molecule has 1 N–H and O–H groups in total. The van der Waals surface area contributed by atoms with Crippen LogP contribution in [0.15, 0.2) is 60.9 Å². The van der Waals surface area contributed by atoms with Crippen molar-refractivity contribution >= 4 is 55.6 Å². The number of hydrogen-bond donors (Lipinski definition) is 1. The molecule has 1 aliphatic rings. The number of methoxy groups -OCH3 is 1. The Bertz CT molecular complexity index is 1600. The lowest BCUT2D eigenvalue weighted by Crippen LogP contribution is -2.44. The van der Waals surface area contributed by atoms with Gasteiger partial charge in [-0.25, -0.2) is 15.0 Å². The van der Waals surface area contributed by atoms with Gasteiger partial charge in [0.25, 0.3) is 0 Å². The minimum atomic E-state index is 0.615. The third kappa shape index (κ3) is 5.83. The van der Waals surface area contributed by atoms with E-state index in [1.165, 1.54) is 0 Å². The van der Waals surface area contributed by atoms with Crippen molar-refractivity contribution in [2.45, 2.75) is 6.42 Å². The maximum Gasteiger partial charge on any atom is 0.163 e. The zero-order chi connectivity index (χ0) is 27.5. The molecule has 206 valence electrons. The van der Waals surface area contributed by atoms with Crippen molar-refractivity contribution in [3.05, 3.63) is 65.9 Å². The standard InChI is InChI=1S/C30H31ClN6O2S/c1-36-11-13-37(14-12-36)10-5-15-39-27-18-25-22(17-26(27)38-2)29(33-19-32-25)34-20-8-9-23(31)21(16-20)30-35-24-6-3-4-7-28(24)40-30/h3-4,6-9,16-19H,5,10-15H2,1-2H3,(H,32,33,34). The highest BCUT2D eigenvalue weighted by molar-refractivity contribution is 7.21. The molecule has 0 aliphatic carbocycles. The van der Waals surface area contributed by atoms with Gasteiger partial charge in [-0.15, -0.1) is 11.3 Å². The highest BCUT2D eigenvalue weighted by Crippen LogP contribution is 2.38. The van der Waals surface area contributed by atoms with E-state index in [-0.39, 0.29) is 0 Å². The Morgan fingerprint density at radius 2 is 1.82 bits per heavy atom. The van der Waals surface area contributed by atoms with Crippen LogP contribution in [0.2, 0.25) is 5.02 Å². The minimum absolute atomic E-state index is 0.615. The fraction of sp³-hybridized carbons (Fsp3) is 0.300. The number of likely N-dealkylation sites (N-methyl/N-ethyl adjacent to an activating group) is 1. The maximum atomic E-state index is 6.59. The molecule has 0 unspecified atom stereocenters. The fourth-order valence-corrected chi connectivity index (χ4v) is 6.13. The van der Waals surface area contributed by atoms with E-state index in [4.69, 9.17) is 26.1 Å². The molecule has 10 heteroatoms. The molecule has 0 atom stereocenters. The van der Waals surface area contributed by atoms with Crippen LogP contribution in [-0.4, -0.2) is 78.2 Å². The topological polar surface area (TPSA) is 75.6 Å². The summed E-state index contributed by atoms with van der Waals surface area (Å²) in [5.41, 5.74) is 3.45. The Balaban J connectivity index is 1.20. The van der Waals surface area contributed by atoms with Crippen molar-refractivity contribution in [2.75, 3.05) is 58.8 Å². The number of para-hydroxylation sites is 1. The number of thiazole rings is 1. The van der Waals surface area contributed by atoms with Gasteiger partial charge in [0.05, 0.1) is 34.5 Å². The molecule has 5 aromatic rings. The Morgan fingerprint density at radius 1 is 0.975 bits per heavy atom.